The van der Waals surface area contributed by atoms with E-state index < -0.39 is 30.4 Å². The van der Waals surface area contributed by atoms with Gasteiger partial charge in [-0.3, -0.25) is 19.7 Å². The third-order valence-corrected chi connectivity index (χ3v) is 5.49. The monoisotopic (exact) mass is 401 g/mol. The summed E-state index contributed by atoms with van der Waals surface area (Å²) in [6.07, 6.45) is 4.28. The Morgan fingerprint density at radius 1 is 1.17 bits per heavy atom. The molecule has 8 heteroatoms. The van der Waals surface area contributed by atoms with Gasteiger partial charge in [-0.25, -0.2) is 4.79 Å². The first kappa shape index (κ1) is 20.8. The van der Waals surface area contributed by atoms with Gasteiger partial charge < -0.3 is 15.0 Å². The minimum absolute atomic E-state index is 0.0313. The van der Waals surface area contributed by atoms with Gasteiger partial charge in [-0.1, -0.05) is 30.5 Å². The van der Waals surface area contributed by atoms with E-state index in [0.717, 1.165) is 36.8 Å². The Labute approximate surface area is 170 Å². The van der Waals surface area contributed by atoms with Gasteiger partial charge in [-0.05, 0) is 38.3 Å². The standard InChI is InChI=1S/C21H27N3O5/c1-13-7-8-17(14(2)9-13)22-21(28)23-18(25)12-29-20(27)15-10-19(26)24(11-15)16-5-3-4-6-16/h7-9,15-16H,3-6,10-12H2,1-2H3,(H2,22,23,25,28)/t15-/m1/s1. The quantitative estimate of drug-likeness (QED) is 0.737. The summed E-state index contributed by atoms with van der Waals surface area (Å²) < 4.78 is 5.03. The van der Waals surface area contributed by atoms with Crippen molar-refractivity contribution in [2.75, 3.05) is 18.5 Å². The molecule has 1 atom stereocenters. The molecule has 1 aromatic rings. The Morgan fingerprint density at radius 2 is 1.90 bits per heavy atom. The lowest BCUT2D eigenvalue weighted by atomic mass is 10.1. The number of rotatable bonds is 5. The van der Waals surface area contributed by atoms with E-state index in [1.54, 1.807) is 11.0 Å². The summed E-state index contributed by atoms with van der Waals surface area (Å²) in [6.45, 7) is 3.58. The van der Waals surface area contributed by atoms with E-state index in [2.05, 4.69) is 10.6 Å². The number of hydrogen-bond donors (Lipinski definition) is 2. The van der Waals surface area contributed by atoms with Gasteiger partial charge in [0, 0.05) is 24.7 Å². The highest BCUT2D eigenvalue weighted by Gasteiger charge is 2.39. The lowest BCUT2D eigenvalue weighted by molar-refractivity contribution is -0.152. The predicted octanol–water partition coefficient (Wildman–Crippen LogP) is 2.29. The van der Waals surface area contributed by atoms with Crippen molar-refractivity contribution in [1.82, 2.24) is 10.2 Å². The van der Waals surface area contributed by atoms with Crippen LogP contribution in [0.4, 0.5) is 10.5 Å². The molecule has 1 saturated heterocycles. The average molecular weight is 401 g/mol. The van der Waals surface area contributed by atoms with Gasteiger partial charge in [0.2, 0.25) is 5.91 Å². The molecule has 0 aromatic heterocycles. The van der Waals surface area contributed by atoms with Crippen LogP contribution in [-0.2, 0) is 19.1 Å². The second-order valence-corrected chi connectivity index (χ2v) is 7.81. The Bertz CT molecular complexity index is 817. The number of ether oxygens (including phenoxy) is 1. The molecule has 29 heavy (non-hydrogen) atoms. The second-order valence-electron chi connectivity index (χ2n) is 7.81. The van der Waals surface area contributed by atoms with Gasteiger partial charge in [0.05, 0.1) is 5.92 Å². The van der Waals surface area contributed by atoms with Crippen molar-refractivity contribution in [2.24, 2.45) is 5.92 Å². The first-order valence-corrected chi connectivity index (χ1v) is 9.97. The molecular formula is C21H27N3O5. The molecule has 3 rings (SSSR count). The summed E-state index contributed by atoms with van der Waals surface area (Å²) >= 11 is 0. The number of carbonyl (C=O) groups excluding carboxylic acids is 4. The van der Waals surface area contributed by atoms with E-state index in [9.17, 15) is 19.2 Å². The third-order valence-electron chi connectivity index (χ3n) is 5.49. The molecule has 0 radical (unpaired) electrons. The highest BCUT2D eigenvalue weighted by atomic mass is 16.5. The maximum atomic E-state index is 12.2. The minimum atomic E-state index is -0.724. The first-order chi connectivity index (χ1) is 13.8. The van der Waals surface area contributed by atoms with Crippen molar-refractivity contribution >= 4 is 29.5 Å². The van der Waals surface area contributed by atoms with Crippen LogP contribution in [0.25, 0.3) is 0 Å². The van der Waals surface area contributed by atoms with Crippen LogP contribution in [0.15, 0.2) is 18.2 Å². The number of imide groups is 1. The number of likely N-dealkylation sites (tertiary alicyclic amines) is 1. The first-order valence-electron chi connectivity index (χ1n) is 9.97. The summed E-state index contributed by atoms with van der Waals surface area (Å²) in [5, 5.41) is 4.73. The maximum Gasteiger partial charge on any atom is 0.325 e. The Balaban J connectivity index is 1.42. The van der Waals surface area contributed by atoms with Crippen LogP contribution in [0.3, 0.4) is 0 Å². The number of amides is 4. The molecule has 0 bridgehead atoms. The van der Waals surface area contributed by atoms with Crippen LogP contribution < -0.4 is 10.6 Å². The fourth-order valence-electron chi connectivity index (χ4n) is 3.98. The van der Waals surface area contributed by atoms with Crippen LogP contribution in [0, 0.1) is 19.8 Å². The van der Waals surface area contributed by atoms with Crippen molar-refractivity contribution in [3.8, 4) is 0 Å². The van der Waals surface area contributed by atoms with Gasteiger partial charge in [-0.2, -0.15) is 0 Å². The number of anilines is 1. The summed E-state index contributed by atoms with van der Waals surface area (Å²) in [7, 11) is 0. The molecule has 1 saturated carbocycles. The number of nitrogens with zero attached hydrogens (tertiary/aromatic N) is 1. The largest absolute Gasteiger partial charge is 0.455 e. The van der Waals surface area contributed by atoms with E-state index in [4.69, 9.17) is 4.74 Å². The number of esters is 1. The summed E-state index contributed by atoms with van der Waals surface area (Å²) in [5.41, 5.74) is 2.53. The molecule has 1 aliphatic heterocycles. The Morgan fingerprint density at radius 3 is 2.59 bits per heavy atom. The molecule has 1 heterocycles. The second kappa shape index (κ2) is 9.07. The van der Waals surface area contributed by atoms with Crippen LogP contribution in [0.1, 0.15) is 43.2 Å². The SMILES string of the molecule is Cc1ccc(NC(=O)NC(=O)COC(=O)[C@@H]2CC(=O)N(C3CCCC3)C2)c(C)c1. The topological polar surface area (TPSA) is 105 Å². The van der Waals surface area contributed by atoms with E-state index in [1.165, 1.54) is 0 Å². The number of aryl methyl sites for hydroxylation is 2. The van der Waals surface area contributed by atoms with Crippen LogP contribution in [0.5, 0.6) is 0 Å². The Kier molecular flexibility index (Phi) is 6.51. The molecule has 0 unspecified atom stereocenters. The third kappa shape index (κ3) is 5.34. The fourth-order valence-corrected chi connectivity index (χ4v) is 3.98. The van der Waals surface area contributed by atoms with E-state index in [-0.39, 0.29) is 18.4 Å². The molecule has 0 spiro atoms. The zero-order valence-corrected chi connectivity index (χ0v) is 16.8. The van der Waals surface area contributed by atoms with Crippen molar-refractivity contribution in [3.63, 3.8) is 0 Å². The number of carbonyl (C=O) groups is 4. The average Bonchev–Trinajstić information content (AvgIpc) is 3.31. The molecule has 2 aliphatic rings. The summed E-state index contributed by atoms with van der Waals surface area (Å²) in [4.78, 5) is 50.0. The smallest absolute Gasteiger partial charge is 0.325 e. The van der Waals surface area contributed by atoms with Gasteiger partial charge in [0.1, 0.15) is 0 Å². The fraction of sp³-hybridized carbons (Fsp3) is 0.524. The van der Waals surface area contributed by atoms with Crippen molar-refractivity contribution in [3.05, 3.63) is 29.3 Å². The van der Waals surface area contributed by atoms with Crippen molar-refractivity contribution in [1.29, 1.82) is 0 Å². The zero-order valence-electron chi connectivity index (χ0n) is 16.8. The molecule has 1 aromatic carbocycles. The molecular weight excluding hydrogens is 374 g/mol. The molecule has 4 amide bonds. The zero-order chi connectivity index (χ0) is 21.0. The highest BCUT2D eigenvalue weighted by Crippen LogP contribution is 2.29. The maximum absolute atomic E-state index is 12.2. The van der Waals surface area contributed by atoms with Crippen molar-refractivity contribution in [2.45, 2.75) is 52.0 Å². The van der Waals surface area contributed by atoms with Crippen LogP contribution in [0.2, 0.25) is 0 Å². The molecule has 2 fully saturated rings. The van der Waals surface area contributed by atoms with Gasteiger partial charge in [0.15, 0.2) is 6.61 Å². The lowest BCUT2D eigenvalue weighted by Crippen LogP contribution is -2.38. The van der Waals surface area contributed by atoms with Gasteiger partial charge in [0.25, 0.3) is 5.91 Å². The summed E-state index contributed by atoms with van der Waals surface area (Å²) in [6, 6.07) is 5.04. The number of benzene rings is 1. The minimum Gasteiger partial charge on any atom is -0.455 e. The number of nitrogens with one attached hydrogen (secondary N) is 2. The number of urea groups is 1. The van der Waals surface area contributed by atoms with Crippen LogP contribution >= 0.6 is 0 Å². The van der Waals surface area contributed by atoms with E-state index >= 15 is 0 Å². The molecule has 156 valence electrons. The number of hydrogen-bond acceptors (Lipinski definition) is 5. The normalized spacial score (nSPS) is 19.3. The van der Waals surface area contributed by atoms with Crippen LogP contribution in [-0.4, -0.2) is 47.9 Å². The lowest BCUT2D eigenvalue weighted by Gasteiger charge is -2.23. The van der Waals surface area contributed by atoms with Gasteiger partial charge in [-0.15, -0.1) is 0 Å². The van der Waals surface area contributed by atoms with Crippen molar-refractivity contribution < 1.29 is 23.9 Å². The molecule has 2 N–H and O–H groups in total. The molecule has 1 aliphatic carbocycles. The summed E-state index contributed by atoms with van der Waals surface area (Å²) in [5.74, 6) is -1.89. The molecule has 8 nitrogen and oxygen atoms in total. The predicted molar refractivity (Wildman–Crippen MR) is 106 cm³/mol. The van der Waals surface area contributed by atoms with E-state index in [0.29, 0.717) is 12.2 Å². The highest BCUT2D eigenvalue weighted by molar-refractivity contribution is 6.02. The van der Waals surface area contributed by atoms with Gasteiger partial charge >= 0.3 is 12.0 Å². The Hall–Kier alpha value is -2.90. The van der Waals surface area contributed by atoms with E-state index in [1.807, 2.05) is 26.0 Å².